The van der Waals surface area contributed by atoms with Gasteiger partial charge in [0.05, 0.1) is 5.39 Å². The van der Waals surface area contributed by atoms with Gasteiger partial charge < -0.3 is 0 Å². The first-order valence-electron chi connectivity index (χ1n) is 12.1. The molecule has 0 fully saturated rings. The van der Waals surface area contributed by atoms with Gasteiger partial charge >= 0.3 is 0 Å². The Morgan fingerprint density at radius 2 is 1.77 bits per heavy atom. The van der Waals surface area contributed by atoms with E-state index in [9.17, 15) is 0 Å². The molecule has 0 saturated carbocycles. The van der Waals surface area contributed by atoms with Gasteiger partial charge in [-0.05, 0) is 72.2 Å². The van der Waals surface area contributed by atoms with Gasteiger partial charge in [-0.1, -0.05) is 65.8 Å². The number of fused-ring (bicyclic) bond motifs is 7. The lowest BCUT2D eigenvalue weighted by atomic mass is 9.75. The summed E-state index contributed by atoms with van der Waals surface area (Å²) in [5, 5.41) is 2.92. The van der Waals surface area contributed by atoms with Gasteiger partial charge in [0.15, 0.2) is 11.0 Å². The molecule has 6 rings (SSSR count). The Morgan fingerprint density at radius 1 is 1.00 bits per heavy atom. The van der Waals surface area contributed by atoms with Gasteiger partial charge in [0.2, 0.25) is 0 Å². The number of rotatable bonds is 1. The molecule has 1 aliphatic carbocycles. The van der Waals surface area contributed by atoms with E-state index in [0.29, 0.717) is 0 Å². The largest absolute Gasteiger partial charge is 0.296 e. The summed E-state index contributed by atoms with van der Waals surface area (Å²) in [6.45, 7) is 14.4. The minimum atomic E-state index is 0.0603. The average molecular weight is 412 g/mol. The monoisotopic (exact) mass is 411 g/mol. The second-order valence-corrected chi connectivity index (χ2v) is 11.8. The average Bonchev–Trinajstić information content (AvgIpc) is 3.01. The molecule has 2 nitrogen and oxygen atoms in total. The third kappa shape index (κ3) is 2.42. The molecule has 1 unspecified atom stereocenters. The number of hydrogen-bond donors (Lipinski definition) is 0. The van der Waals surface area contributed by atoms with Crippen LogP contribution in [0, 0.1) is 0 Å². The van der Waals surface area contributed by atoms with Crippen LogP contribution in [0.2, 0.25) is 0 Å². The topological polar surface area (TPSA) is 8.29 Å². The molecule has 3 heterocycles. The van der Waals surface area contributed by atoms with Crippen LogP contribution >= 0.6 is 0 Å². The van der Waals surface area contributed by atoms with Crippen molar-refractivity contribution in [2.24, 2.45) is 0 Å². The van der Waals surface area contributed by atoms with Crippen molar-refractivity contribution in [3.63, 3.8) is 0 Å². The van der Waals surface area contributed by atoms with Crippen LogP contribution in [0.25, 0.3) is 27.5 Å². The van der Waals surface area contributed by atoms with E-state index in [1.165, 1.54) is 70.8 Å². The molecule has 0 N–H and O–H groups in total. The van der Waals surface area contributed by atoms with Gasteiger partial charge in [-0.15, -0.1) is 0 Å². The van der Waals surface area contributed by atoms with Crippen molar-refractivity contribution in [1.29, 1.82) is 0 Å². The molecule has 0 radical (unpaired) electrons. The SMILES string of the molecule is CCC12CCc3cc(cc4cc(C(C)(C)C)n5c6ccccc6[n+]1c5c34)C(C)(C)CC2. The highest BCUT2D eigenvalue weighted by molar-refractivity contribution is 5.99. The lowest BCUT2D eigenvalue weighted by Gasteiger charge is -2.34. The van der Waals surface area contributed by atoms with Crippen LogP contribution in [0.1, 0.15) is 84.0 Å². The molecule has 0 amide bonds. The van der Waals surface area contributed by atoms with Gasteiger partial charge in [-0.25, -0.2) is 4.57 Å². The van der Waals surface area contributed by atoms with E-state index in [1.807, 2.05) is 0 Å². The highest BCUT2D eigenvalue weighted by Gasteiger charge is 2.45. The first-order chi connectivity index (χ1) is 14.7. The summed E-state index contributed by atoms with van der Waals surface area (Å²) in [6.07, 6.45) is 6.04. The lowest BCUT2D eigenvalue weighted by molar-refractivity contribution is -0.721. The van der Waals surface area contributed by atoms with E-state index >= 15 is 0 Å². The quantitative estimate of drug-likeness (QED) is 0.299. The first-order valence-corrected chi connectivity index (χ1v) is 12.1. The summed E-state index contributed by atoms with van der Waals surface area (Å²) >= 11 is 0. The number of nitrogens with zero attached hydrogens (tertiary/aromatic N) is 2. The molecule has 1 atom stereocenters. The molecule has 2 heteroatoms. The number of aromatic nitrogens is 2. The second-order valence-electron chi connectivity index (χ2n) is 11.8. The number of aryl methyl sites for hydroxylation is 1. The molecule has 0 saturated heterocycles. The van der Waals surface area contributed by atoms with Crippen molar-refractivity contribution < 1.29 is 4.57 Å². The third-order valence-corrected chi connectivity index (χ3v) is 8.55. The Labute approximate surface area is 185 Å². The van der Waals surface area contributed by atoms with E-state index in [0.717, 1.165) is 0 Å². The predicted molar refractivity (Wildman–Crippen MR) is 130 cm³/mol. The first kappa shape index (κ1) is 19.3. The smallest absolute Gasteiger partial charge is 0.217 e. The summed E-state index contributed by atoms with van der Waals surface area (Å²) in [5.41, 5.74) is 9.10. The molecule has 4 aromatic rings. The maximum absolute atomic E-state index is 2.79. The Balaban J connectivity index is 1.98. The van der Waals surface area contributed by atoms with Crippen LogP contribution in [0.5, 0.6) is 0 Å². The Kier molecular flexibility index (Phi) is 3.69. The molecule has 3 bridgehead atoms. The van der Waals surface area contributed by atoms with Gasteiger partial charge in [0.1, 0.15) is 11.2 Å². The van der Waals surface area contributed by atoms with E-state index in [-0.39, 0.29) is 16.4 Å². The van der Waals surface area contributed by atoms with Crippen LogP contribution in [0.3, 0.4) is 0 Å². The summed E-state index contributed by atoms with van der Waals surface area (Å²) in [4.78, 5) is 0. The Bertz CT molecular complexity index is 1380. The molecule has 160 valence electrons. The van der Waals surface area contributed by atoms with Crippen LogP contribution < -0.4 is 4.57 Å². The second kappa shape index (κ2) is 5.91. The Morgan fingerprint density at radius 3 is 2.52 bits per heavy atom. The predicted octanol–water partition coefficient (Wildman–Crippen LogP) is 6.95. The summed E-state index contributed by atoms with van der Waals surface area (Å²) in [5.74, 6) is 0. The number of imidazole rings is 1. The Hall–Kier alpha value is -2.35. The maximum atomic E-state index is 2.79. The zero-order valence-electron chi connectivity index (χ0n) is 20.0. The van der Waals surface area contributed by atoms with E-state index < -0.39 is 0 Å². The van der Waals surface area contributed by atoms with Crippen LogP contribution in [-0.4, -0.2) is 4.40 Å². The molecule has 2 aromatic carbocycles. The zero-order valence-corrected chi connectivity index (χ0v) is 20.0. The molecular formula is C29H35N2+. The highest BCUT2D eigenvalue weighted by atomic mass is 15.2. The number of hydrogen-bond acceptors (Lipinski definition) is 0. The molecule has 0 spiro atoms. The van der Waals surface area contributed by atoms with E-state index in [4.69, 9.17) is 0 Å². The third-order valence-electron chi connectivity index (χ3n) is 8.55. The van der Waals surface area contributed by atoms with Gasteiger partial charge in [-0.2, -0.15) is 4.40 Å². The zero-order chi connectivity index (χ0) is 21.8. The van der Waals surface area contributed by atoms with Crippen molar-refractivity contribution in [1.82, 2.24) is 4.40 Å². The van der Waals surface area contributed by atoms with Crippen LogP contribution in [-0.2, 0) is 22.8 Å². The lowest BCUT2D eigenvalue weighted by Crippen LogP contribution is -2.56. The van der Waals surface area contributed by atoms with Gasteiger partial charge in [-0.3, -0.25) is 0 Å². The van der Waals surface area contributed by atoms with Crippen molar-refractivity contribution in [2.45, 2.75) is 90.0 Å². The van der Waals surface area contributed by atoms with Crippen molar-refractivity contribution in [3.8, 4) is 0 Å². The standard InChI is InChI=1S/C29H35N2/c1-7-29-13-12-19-16-21(28(5,6)14-15-29)17-20-18-24(27(2,3)4)30-22-10-8-9-11-23(22)31(29)26(30)25(19)20/h8-11,16-18H,7,12-15H2,1-6H3/q+1. The molecular weight excluding hydrogens is 376 g/mol. The number of benzene rings is 2. The van der Waals surface area contributed by atoms with Gasteiger partial charge in [0, 0.05) is 5.41 Å². The summed E-state index contributed by atoms with van der Waals surface area (Å²) in [7, 11) is 0. The van der Waals surface area contributed by atoms with E-state index in [1.54, 1.807) is 5.56 Å². The normalized spacial score (nSPS) is 22.5. The molecule has 1 aliphatic heterocycles. The maximum Gasteiger partial charge on any atom is 0.296 e. The van der Waals surface area contributed by atoms with Crippen LogP contribution in [0.4, 0.5) is 0 Å². The summed E-state index contributed by atoms with van der Waals surface area (Å²) in [6, 6.07) is 16.7. The fourth-order valence-corrected chi connectivity index (χ4v) is 6.50. The molecule has 31 heavy (non-hydrogen) atoms. The highest BCUT2D eigenvalue weighted by Crippen LogP contribution is 2.45. The van der Waals surface area contributed by atoms with E-state index in [2.05, 4.69) is 93.0 Å². The van der Waals surface area contributed by atoms with Crippen molar-refractivity contribution in [2.75, 3.05) is 0 Å². The van der Waals surface area contributed by atoms with Crippen LogP contribution in [0.15, 0.2) is 42.5 Å². The fraction of sp³-hybridized carbons (Fsp3) is 0.483. The fourth-order valence-electron chi connectivity index (χ4n) is 6.50. The van der Waals surface area contributed by atoms with Crippen molar-refractivity contribution >= 4 is 27.5 Å². The number of para-hydroxylation sites is 2. The number of pyridine rings is 1. The summed E-state index contributed by atoms with van der Waals surface area (Å²) < 4.78 is 5.40. The van der Waals surface area contributed by atoms with Gasteiger partial charge in [0.25, 0.3) is 5.65 Å². The minimum Gasteiger partial charge on any atom is -0.217 e. The van der Waals surface area contributed by atoms with Crippen molar-refractivity contribution in [3.05, 3.63) is 59.3 Å². The minimum absolute atomic E-state index is 0.0603. The molecule has 2 aromatic heterocycles. The molecule has 2 aliphatic rings.